The molecule has 0 spiro atoms. The molecule has 1 atom stereocenters. The van der Waals surface area contributed by atoms with Gasteiger partial charge in [0, 0.05) is 5.69 Å². The standard InChI is InChI=1S/C20H26N2O4S/c1-6-26-19-10-9-18(12-15(19)4)27(24,25)22-16(5)20(23)21-17-8-7-13(2)14(3)11-17/h7-12,16,22H,6H2,1-5H3,(H,21,23)/t16-/m0/s1. The minimum absolute atomic E-state index is 0.0919. The number of anilines is 1. The number of nitrogens with one attached hydrogen (secondary N) is 2. The Balaban J connectivity index is 2.10. The Hall–Kier alpha value is -2.38. The Bertz CT molecular complexity index is 939. The van der Waals surface area contributed by atoms with Gasteiger partial charge in [0.25, 0.3) is 0 Å². The van der Waals surface area contributed by atoms with Gasteiger partial charge in [-0.05, 0) is 81.6 Å². The third-order valence-corrected chi connectivity index (χ3v) is 5.79. The summed E-state index contributed by atoms with van der Waals surface area (Å²) < 4.78 is 33.0. The number of hydrogen-bond donors (Lipinski definition) is 2. The highest BCUT2D eigenvalue weighted by Crippen LogP contribution is 2.22. The number of sulfonamides is 1. The fourth-order valence-corrected chi connectivity index (χ4v) is 3.82. The van der Waals surface area contributed by atoms with Gasteiger partial charge < -0.3 is 10.1 Å². The van der Waals surface area contributed by atoms with Crippen LogP contribution in [-0.4, -0.2) is 27.0 Å². The van der Waals surface area contributed by atoms with Crippen molar-refractivity contribution in [1.29, 1.82) is 0 Å². The van der Waals surface area contributed by atoms with Crippen LogP contribution in [0.2, 0.25) is 0 Å². The van der Waals surface area contributed by atoms with Crippen molar-refractivity contribution in [3.63, 3.8) is 0 Å². The molecule has 0 aromatic heterocycles. The van der Waals surface area contributed by atoms with Gasteiger partial charge in [-0.3, -0.25) is 4.79 Å². The van der Waals surface area contributed by atoms with Crippen LogP contribution >= 0.6 is 0 Å². The predicted octanol–water partition coefficient (Wildman–Crippen LogP) is 3.32. The molecule has 6 nitrogen and oxygen atoms in total. The van der Waals surface area contributed by atoms with Gasteiger partial charge in [-0.15, -0.1) is 0 Å². The average Bonchev–Trinajstić information content (AvgIpc) is 2.59. The molecule has 0 bridgehead atoms. The summed E-state index contributed by atoms with van der Waals surface area (Å²) in [4.78, 5) is 12.5. The summed E-state index contributed by atoms with van der Waals surface area (Å²) in [5.41, 5.74) is 3.51. The first-order valence-corrected chi connectivity index (χ1v) is 10.3. The molecule has 27 heavy (non-hydrogen) atoms. The lowest BCUT2D eigenvalue weighted by Crippen LogP contribution is -2.41. The molecule has 0 aliphatic heterocycles. The molecule has 2 aromatic carbocycles. The zero-order chi connectivity index (χ0) is 20.2. The molecule has 2 N–H and O–H groups in total. The lowest BCUT2D eigenvalue weighted by Gasteiger charge is -2.16. The van der Waals surface area contributed by atoms with Crippen LogP contribution in [0.1, 0.15) is 30.5 Å². The fraction of sp³-hybridized carbons (Fsp3) is 0.350. The first kappa shape index (κ1) is 20.9. The summed E-state index contributed by atoms with van der Waals surface area (Å²) in [6.45, 7) is 9.58. The van der Waals surface area contributed by atoms with Crippen molar-refractivity contribution in [2.45, 2.75) is 45.6 Å². The minimum atomic E-state index is -3.83. The average molecular weight is 391 g/mol. The largest absolute Gasteiger partial charge is 0.494 e. The van der Waals surface area contributed by atoms with Crippen molar-refractivity contribution in [1.82, 2.24) is 4.72 Å². The van der Waals surface area contributed by atoms with Gasteiger partial charge in [0.05, 0.1) is 17.5 Å². The highest BCUT2D eigenvalue weighted by Gasteiger charge is 2.23. The topological polar surface area (TPSA) is 84.5 Å². The highest BCUT2D eigenvalue weighted by molar-refractivity contribution is 7.89. The quantitative estimate of drug-likeness (QED) is 0.760. The minimum Gasteiger partial charge on any atom is -0.494 e. The third kappa shape index (κ3) is 5.30. The molecule has 0 unspecified atom stereocenters. The number of rotatable bonds is 7. The Kier molecular flexibility index (Phi) is 6.62. The fourth-order valence-electron chi connectivity index (χ4n) is 2.53. The van der Waals surface area contributed by atoms with Crippen LogP contribution in [0.15, 0.2) is 41.3 Å². The van der Waals surface area contributed by atoms with E-state index in [1.807, 2.05) is 32.9 Å². The van der Waals surface area contributed by atoms with Crippen LogP contribution in [0.3, 0.4) is 0 Å². The Morgan fingerprint density at radius 3 is 2.33 bits per heavy atom. The third-order valence-electron chi connectivity index (χ3n) is 4.26. The van der Waals surface area contributed by atoms with Crippen LogP contribution < -0.4 is 14.8 Å². The molecule has 0 fully saturated rings. The molecule has 0 radical (unpaired) electrons. The maximum atomic E-state index is 12.6. The van der Waals surface area contributed by atoms with Crippen molar-refractivity contribution < 1.29 is 17.9 Å². The lowest BCUT2D eigenvalue weighted by molar-refractivity contribution is -0.117. The van der Waals surface area contributed by atoms with Crippen LogP contribution in [0, 0.1) is 20.8 Å². The van der Waals surface area contributed by atoms with Crippen LogP contribution in [0.4, 0.5) is 5.69 Å². The second-order valence-corrected chi connectivity index (χ2v) is 8.21. The van der Waals surface area contributed by atoms with E-state index in [9.17, 15) is 13.2 Å². The van der Waals surface area contributed by atoms with E-state index in [0.29, 0.717) is 23.6 Å². The van der Waals surface area contributed by atoms with E-state index in [4.69, 9.17) is 4.74 Å². The Labute approximate surface area is 161 Å². The smallest absolute Gasteiger partial charge is 0.242 e. The normalized spacial score (nSPS) is 12.5. The molecule has 0 aliphatic rings. The molecule has 0 saturated heterocycles. The summed E-state index contributed by atoms with van der Waals surface area (Å²) in [5.74, 6) is 0.210. The summed E-state index contributed by atoms with van der Waals surface area (Å²) in [5, 5.41) is 2.74. The molecular formula is C20H26N2O4S. The molecule has 0 saturated carbocycles. The van der Waals surface area contributed by atoms with Crippen molar-refractivity contribution in [2.75, 3.05) is 11.9 Å². The second-order valence-electron chi connectivity index (χ2n) is 6.49. The first-order valence-electron chi connectivity index (χ1n) is 8.78. The van der Waals surface area contributed by atoms with Gasteiger partial charge in [-0.2, -0.15) is 4.72 Å². The van der Waals surface area contributed by atoms with Gasteiger partial charge in [-0.25, -0.2) is 8.42 Å². The SMILES string of the molecule is CCOc1ccc(S(=O)(=O)N[C@@H](C)C(=O)Nc2ccc(C)c(C)c2)cc1C. The highest BCUT2D eigenvalue weighted by atomic mass is 32.2. The number of benzene rings is 2. The molecule has 0 aliphatic carbocycles. The van der Waals surface area contributed by atoms with E-state index in [-0.39, 0.29) is 4.90 Å². The number of carbonyl (C=O) groups is 1. The lowest BCUT2D eigenvalue weighted by atomic mass is 10.1. The molecule has 2 aromatic rings. The monoisotopic (exact) mass is 390 g/mol. The van der Waals surface area contributed by atoms with Crippen molar-refractivity contribution in [3.05, 3.63) is 53.1 Å². The van der Waals surface area contributed by atoms with E-state index in [0.717, 1.165) is 11.1 Å². The van der Waals surface area contributed by atoms with Gasteiger partial charge >= 0.3 is 0 Å². The molecule has 146 valence electrons. The Morgan fingerprint density at radius 2 is 1.74 bits per heavy atom. The summed E-state index contributed by atoms with van der Waals surface area (Å²) in [6, 6.07) is 9.23. The number of carbonyl (C=O) groups excluding carboxylic acids is 1. The summed E-state index contributed by atoms with van der Waals surface area (Å²) >= 11 is 0. The van der Waals surface area contributed by atoms with E-state index < -0.39 is 22.0 Å². The molecule has 2 rings (SSSR count). The van der Waals surface area contributed by atoms with Crippen LogP contribution in [0.25, 0.3) is 0 Å². The predicted molar refractivity (Wildman–Crippen MR) is 107 cm³/mol. The van der Waals surface area contributed by atoms with Gasteiger partial charge in [0.2, 0.25) is 15.9 Å². The van der Waals surface area contributed by atoms with E-state index >= 15 is 0 Å². The molecule has 1 amide bonds. The van der Waals surface area contributed by atoms with Crippen molar-refractivity contribution >= 4 is 21.6 Å². The van der Waals surface area contributed by atoms with E-state index in [1.165, 1.54) is 19.1 Å². The van der Waals surface area contributed by atoms with Gasteiger partial charge in [0.15, 0.2) is 0 Å². The first-order chi connectivity index (χ1) is 12.6. The van der Waals surface area contributed by atoms with Crippen molar-refractivity contribution in [3.8, 4) is 5.75 Å². The maximum absolute atomic E-state index is 12.6. The van der Waals surface area contributed by atoms with E-state index in [2.05, 4.69) is 10.0 Å². The molecule has 0 heterocycles. The Morgan fingerprint density at radius 1 is 1.04 bits per heavy atom. The van der Waals surface area contributed by atoms with E-state index in [1.54, 1.807) is 19.1 Å². The maximum Gasteiger partial charge on any atom is 0.242 e. The second kappa shape index (κ2) is 8.54. The number of aryl methyl sites for hydroxylation is 3. The summed E-state index contributed by atoms with van der Waals surface area (Å²) in [6.07, 6.45) is 0. The zero-order valence-electron chi connectivity index (χ0n) is 16.3. The molecule has 7 heteroatoms. The number of hydrogen-bond acceptors (Lipinski definition) is 4. The van der Waals surface area contributed by atoms with Crippen molar-refractivity contribution in [2.24, 2.45) is 0 Å². The molecular weight excluding hydrogens is 364 g/mol. The van der Waals surface area contributed by atoms with Gasteiger partial charge in [0.1, 0.15) is 5.75 Å². The van der Waals surface area contributed by atoms with Crippen LogP contribution in [-0.2, 0) is 14.8 Å². The number of amides is 1. The van der Waals surface area contributed by atoms with Crippen LogP contribution in [0.5, 0.6) is 5.75 Å². The number of ether oxygens (including phenoxy) is 1. The zero-order valence-corrected chi connectivity index (χ0v) is 17.1. The van der Waals surface area contributed by atoms with Gasteiger partial charge in [-0.1, -0.05) is 6.07 Å². The summed E-state index contributed by atoms with van der Waals surface area (Å²) in [7, 11) is -3.83.